The fourth-order valence-corrected chi connectivity index (χ4v) is 6.45. The van der Waals surface area contributed by atoms with Gasteiger partial charge in [-0.15, -0.1) is 0 Å². The topological polar surface area (TPSA) is 58.7 Å². The first-order valence-electron chi connectivity index (χ1n) is 10.8. The lowest BCUT2D eigenvalue weighted by atomic mass is 10.1. The number of amides is 1. The van der Waals surface area contributed by atoms with E-state index in [2.05, 4.69) is 11.0 Å². The van der Waals surface area contributed by atoms with Gasteiger partial charge in [0.25, 0.3) is 11.5 Å². The fraction of sp³-hybridized carbons (Fsp3) is 0.292. The summed E-state index contributed by atoms with van der Waals surface area (Å²) in [7, 11) is 0. The van der Waals surface area contributed by atoms with Crippen LogP contribution in [-0.2, 0) is 17.9 Å². The number of pyridine rings is 1. The van der Waals surface area contributed by atoms with E-state index >= 15 is 0 Å². The zero-order valence-corrected chi connectivity index (χ0v) is 20.6. The van der Waals surface area contributed by atoms with E-state index in [0.29, 0.717) is 27.1 Å². The van der Waals surface area contributed by atoms with Crippen molar-refractivity contribution in [1.29, 1.82) is 0 Å². The molecule has 3 aromatic rings. The molecule has 33 heavy (non-hydrogen) atoms. The van der Waals surface area contributed by atoms with Crippen LogP contribution in [0.2, 0.25) is 0 Å². The molecule has 2 saturated heterocycles. The van der Waals surface area contributed by atoms with Crippen LogP contribution in [0, 0.1) is 0 Å². The first-order chi connectivity index (χ1) is 16.1. The summed E-state index contributed by atoms with van der Waals surface area (Å²) in [5.74, 6) is 2.49. The van der Waals surface area contributed by atoms with Crippen LogP contribution >= 0.6 is 35.7 Å². The van der Waals surface area contributed by atoms with Crippen molar-refractivity contribution in [2.24, 2.45) is 0 Å². The number of para-hydroxylation sites is 1. The second-order valence-electron chi connectivity index (χ2n) is 7.78. The van der Waals surface area contributed by atoms with Crippen molar-refractivity contribution in [3.63, 3.8) is 0 Å². The monoisotopic (exact) mass is 497 g/mol. The molecule has 0 unspecified atom stereocenters. The average molecular weight is 498 g/mol. The van der Waals surface area contributed by atoms with E-state index in [4.69, 9.17) is 16.6 Å². The second-order valence-corrected chi connectivity index (χ2v) is 10.7. The molecule has 2 aliphatic heterocycles. The van der Waals surface area contributed by atoms with Crippen molar-refractivity contribution in [2.45, 2.75) is 20.0 Å². The number of nitrogens with zero attached hydrogens (tertiary/aromatic N) is 3. The number of fused-ring (bicyclic) bond motifs is 1. The Bertz CT molecular complexity index is 1310. The van der Waals surface area contributed by atoms with E-state index in [-0.39, 0.29) is 18.0 Å². The van der Waals surface area contributed by atoms with E-state index in [1.54, 1.807) is 23.0 Å². The van der Waals surface area contributed by atoms with Crippen molar-refractivity contribution in [3.05, 3.63) is 69.2 Å². The maximum absolute atomic E-state index is 13.7. The van der Waals surface area contributed by atoms with Crippen molar-refractivity contribution in [1.82, 2.24) is 9.47 Å². The number of aromatic nitrogens is 1. The Morgan fingerprint density at radius 3 is 2.64 bits per heavy atom. The number of hydrogen-bond donors (Lipinski definition) is 0. The lowest BCUT2D eigenvalue weighted by molar-refractivity contribution is -0.122. The van der Waals surface area contributed by atoms with Gasteiger partial charge < -0.3 is 13.9 Å². The van der Waals surface area contributed by atoms with Gasteiger partial charge in [-0.2, -0.15) is 11.8 Å². The van der Waals surface area contributed by atoms with Gasteiger partial charge in [-0.3, -0.25) is 14.5 Å². The summed E-state index contributed by atoms with van der Waals surface area (Å²) in [4.78, 5) is 31.2. The standard InChI is InChI=1S/C24H23N3O3S3/c1-2-26-19-8-4-3-7-17(19)21(25-9-12-32-13-10-25)18(22(26)28)14-20-23(29)27(24(31)33-20)15-16-6-5-11-30-16/h3-8,11,14H,2,9-10,12-13,15H2,1H3. The third-order valence-corrected chi connectivity index (χ3v) is 8.19. The van der Waals surface area contributed by atoms with Crippen molar-refractivity contribution in [2.75, 3.05) is 29.5 Å². The normalized spacial score (nSPS) is 18.2. The summed E-state index contributed by atoms with van der Waals surface area (Å²) >= 11 is 8.65. The summed E-state index contributed by atoms with van der Waals surface area (Å²) < 4.78 is 7.65. The van der Waals surface area contributed by atoms with E-state index in [0.717, 1.165) is 41.2 Å². The molecule has 170 valence electrons. The van der Waals surface area contributed by atoms with Gasteiger partial charge in [0.1, 0.15) is 10.1 Å². The van der Waals surface area contributed by atoms with E-state index in [9.17, 15) is 9.59 Å². The molecule has 1 aromatic carbocycles. The van der Waals surface area contributed by atoms with Crippen LogP contribution in [0.4, 0.5) is 5.69 Å². The molecule has 5 rings (SSSR count). The number of thiocarbonyl (C=S) groups is 1. The van der Waals surface area contributed by atoms with Crippen LogP contribution in [0.3, 0.4) is 0 Å². The van der Waals surface area contributed by atoms with Gasteiger partial charge in [0.15, 0.2) is 0 Å². The smallest absolute Gasteiger partial charge is 0.266 e. The third-order valence-electron chi connectivity index (χ3n) is 5.87. The van der Waals surface area contributed by atoms with Gasteiger partial charge in [0.2, 0.25) is 0 Å². The van der Waals surface area contributed by atoms with E-state index < -0.39 is 0 Å². The van der Waals surface area contributed by atoms with Crippen LogP contribution in [0.1, 0.15) is 18.2 Å². The molecule has 1 amide bonds. The Labute approximate surface area is 205 Å². The Balaban J connectivity index is 1.65. The molecule has 0 aliphatic carbocycles. The number of anilines is 1. The first-order valence-corrected chi connectivity index (χ1v) is 13.2. The number of carbonyl (C=O) groups excluding carboxylic acids is 1. The summed E-state index contributed by atoms with van der Waals surface area (Å²) in [5.41, 5.74) is 2.30. The minimum absolute atomic E-state index is 0.0827. The average Bonchev–Trinajstić information content (AvgIpc) is 3.44. The van der Waals surface area contributed by atoms with Crippen molar-refractivity contribution < 1.29 is 9.21 Å². The predicted octanol–water partition coefficient (Wildman–Crippen LogP) is 4.57. The van der Waals surface area contributed by atoms with Crippen LogP contribution in [-0.4, -0.2) is 44.3 Å². The van der Waals surface area contributed by atoms with E-state index in [1.807, 2.05) is 43.0 Å². The Morgan fingerprint density at radius 1 is 1.12 bits per heavy atom. The molecular weight excluding hydrogens is 474 g/mol. The maximum atomic E-state index is 13.7. The van der Waals surface area contributed by atoms with Gasteiger partial charge in [-0.25, -0.2) is 0 Å². The number of carbonyl (C=O) groups is 1. The molecule has 0 N–H and O–H groups in total. The molecule has 2 aromatic heterocycles. The Morgan fingerprint density at radius 2 is 1.91 bits per heavy atom. The van der Waals surface area contributed by atoms with Crippen LogP contribution in [0.25, 0.3) is 17.0 Å². The number of hydrogen-bond acceptors (Lipinski definition) is 7. The lowest BCUT2D eigenvalue weighted by Crippen LogP contribution is -2.35. The summed E-state index contributed by atoms with van der Waals surface area (Å²) in [6.45, 7) is 4.53. The third kappa shape index (κ3) is 4.13. The quantitative estimate of drug-likeness (QED) is 0.378. The summed E-state index contributed by atoms with van der Waals surface area (Å²) in [6, 6.07) is 11.6. The Hall–Kier alpha value is -2.49. The predicted molar refractivity (Wildman–Crippen MR) is 141 cm³/mol. The number of benzene rings is 1. The SMILES string of the molecule is CCn1c(=O)c(C=C2SC(=S)N(Cc3ccco3)C2=O)c(N2CCSCC2)c2ccccc21. The largest absolute Gasteiger partial charge is 0.467 e. The number of rotatable bonds is 5. The second kappa shape index (κ2) is 9.40. The highest BCUT2D eigenvalue weighted by Crippen LogP contribution is 2.37. The van der Waals surface area contributed by atoms with Crippen LogP contribution < -0.4 is 10.5 Å². The van der Waals surface area contributed by atoms with Gasteiger partial charge in [-0.05, 0) is 31.2 Å². The molecule has 6 nitrogen and oxygen atoms in total. The summed E-state index contributed by atoms with van der Waals surface area (Å²) in [6.07, 6.45) is 3.33. The zero-order chi connectivity index (χ0) is 22.9. The molecule has 2 aliphatic rings. The number of aryl methyl sites for hydroxylation is 1. The highest BCUT2D eigenvalue weighted by atomic mass is 32.2. The molecule has 0 spiro atoms. The molecule has 0 saturated carbocycles. The maximum Gasteiger partial charge on any atom is 0.266 e. The van der Waals surface area contributed by atoms with Gasteiger partial charge >= 0.3 is 0 Å². The van der Waals surface area contributed by atoms with Gasteiger partial charge in [-0.1, -0.05) is 42.2 Å². The molecule has 4 heterocycles. The fourth-order valence-electron chi connectivity index (χ4n) is 4.31. The highest BCUT2D eigenvalue weighted by molar-refractivity contribution is 8.26. The lowest BCUT2D eigenvalue weighted by Gasteiger charge is -2.31. The minimum Gasteiger partial charge on any atom is -0.467 e. The van der Waals surface area contributed by atoms with Gasteiger partial charge in [0, 0.05) is 36.5 Å². The highest BCUT2D eigenvalue weighted by Gasteiger charge is 2.33. The minimum atomic E-state index is -0.197. The van der Waals surface area contributed by atoms with E-state index in [1.165, 1.54) is 16.7 Å². The van der Waals surface area contributed by atoms with Crippen molar-refractivity contribution in [3.8, 4) is 0 Å². The van der Waals surface area contributed by atoms with Gasteiger partial charge in [0.05, 0.1) is 34.5 Å². The number of furan rings is 1. The molecule has 0 atom stereocenters. The summed E-state index contributed by atoms with van der Waals surface area (Å²) in [5, 5.41) is 1.03. The molecular formula is C24H23N3O3S3. The first kappa shape index (κ1) is 22.3. The Kier molecular flexibility index (Phi) is 6.36. The molecule has 0 bridgehead atoms. The van der Waals surface area contributed by atoms with Crippen LogP contribution in [0.5, 0.6) is 0 Å². The zero-order valence-electron chi connectivity index (χ0n) is 18.2. The van der Waals surface area contributed by atoms with Crippen molar-refractivity contribution >= 4 is 68.6 Å². The molecule has 0 radical (unpaired) electrons. The molecule has 9 heteroatoms. The molecule has 2 fully saturated rings. The number of thioether (sulfide) groups is 2. The van der Waals surface area contributed by atoms with Crippen LogP contribution in [0.15, 0.2) is 56.8 Å².